The standard InChI is InChI=1S/C24H28N4O5/c1-32-19-10-21-20(25-12-19)9-17(23(30)27-21)7-8-28-13-18(22(29)14-28)11-26-24(31)33-15-16-5-3-2-4-6-16/h2-6,9-10,12,18,22,29H,7-8,11,13-15H2,1H3,(H,26,31)(H,27,30)/t18-,22+/m0/s1. The van der Waals surface area contributed by atoms with Crippen molar-refractivity contribution in [3.05, 3.63) is 70.1 Å². The fraction of sp³-hybridized carbons (Fsp3) is 0.375. The van der Waals surface area contributed by atoms with Crippen molar-refractivity contribution in [2.24, 2.45) is 5.92 Å². The number of rotatable bonds is 8. The summed E-state index contributed by atoms with van der Waals surface area (Å²) < 4.78 is 10.4. The van der Waals surface area contributed by atoms with E-state index in [2.05, 4.69) is 20.2 Å². The van der Waals surface area contributed by atoms with Gasteiger partial charge in [-0.25, -0.2) is 4.79 Å². The zero-order chi connectivity index (χ0) is 23.2. The molecule has 3 heterocycles. The van der Waals surface area contributed by atoms with Crippen LogP contribution in [0.15, 0.2) is 53.5 Å². The minimum absolute atomic E-state index is 0.0988. The van der Waals surface area contributed by atoms with Crippen molar-refractivity contribution in [2.75, 3.05) is 33.3 Å². The minimum atomic E-state index is -0.552. The monoisotopic (exact) mass is 452 g/mol. The first-order chi connectivity index (χ1) is 16.0. The molecule has 0 unspecified atom stereocenters. The lowest BCUT2D eigenvalue weighted by molar-refractivity contribution is 0.124. The number of hydrogen-bond acceptors (Lipinski definition) is 7. The van der Waals surface area contributed by atoms with Crippen molar-refractivity contribution in [1.29, 1.82) is 0 Å². The number of fused-ring (bicyclic) bond motifs is 1. The molecule has 9 nitrogen and oxygen atoms in total. The number of nitrogens with one attached hydrogen (secondary N) is 2. The molecule has 0 radical (unpaired) electrons. The second-order valence-electron chi connectivity index (χ2n) is 8.21. The molecule has 2 atom stereocenters. The number of aliphatic hydroxyl groups excluding tert-OH is 1. The third-order valence-corrected chi connectivity index (χ3v) is 5.88. The van der Waals surface area contributed by atoms with E-state index in [1.165, 1.54) is 0 Å². The number of carbonyl (C=O) groups excluding carboxylic acids is 1. The van der Waals surface area contributed by atoms with Crippen LogP contribution >= 0.6 is 0 Å². The molecule has 174 valence electrons. The second-order valence-corrected chi connectivity index (χ2v) is 8.21. The fourth-order valence-corrected chi connectivity index (χ4v) is 3.99. The lowest BCUT2D eigenvalue weighted by Gasteiger charge is -2.16. The highest BCUT2D eigenvalue weighted by atomic mass is 16.5. The number of methoxy groups -OCH3 is 1. The molecule has 1 aromatic carbocycles. The molecule has 1 aliphatic rings. The quantitative estimate of drug-likeness (QED) is 0.476. The normalized spacial score (nSPS) is 18.4. The molecular formula is C24H28N4O5. The van der Waals surface area contributed by atoms with Crippen LogP contribution in [0.1, 0.15) is 11.1 Å². The van der Waals surface area contributed by atoms with Gasteiger partial charge in [0.1, 0.15) is 12.4 Å². The Morgan fingerprint density at radius 3 is 2.88 bits per heavy atom. The molecule has 1 aliphatic heterocycles. The van der Waals surface area contributed by atoms with Crippen LogP contribution in [0.3, 0.4) is 0 Å². The summed E-state index contributed by atoms with van der Waals surface area (Å²) in [5, 5.41) is 13.1. The molecule has 3 aromatic rings. The van der Waals surface area contributed by atoms with Gasteiger partial charge < -0.3 is 24.9 Å². The number of carbonyl (C=O) groups is 1. The van der Waals surface area contributed by atoms with Crippen LogP contribution in [0.2, 0.25) is 0 Å². The summed E-state index contributed by atoms with van der Waals surface area (Å²) in [5.41, 5.74) is 2.73. The third kappa shape index (κ3) is 5.88. The van der Waals surface area contributed by atoms with Crippen LogP contribution in [-0.2, 0) is 17.8 Å². The number of alkyl carbamates (subject to hydrolysis) is 1. The first kappa shape index (κ1) is 22.8. The van der Waals surface area contributed by atoms with Crippen LogP contribution in [0.25, 0.3) is 11.0 Å². The molecule has 33 heavy (non-hydrogen) atoms. The zero-order valence-electron chi connectivity index (χ0n) is 18.5. The summed E-state index contributed by atoms with van der Waals surface area (Å²) in [5.74, 6) is 0.485. The number of pyridine rings is 2. The van der Waals surface area contributed by atoms with Gasteiger partial charge in [-0.3, -0.25) is 14.7 Å². The summed E-state index contributed by atoms with van der Waals surface area (Å²) in [6.07, 6.45) is 1.09. The van der Waals surface area contributed by atoms with Gasteiger partial charge in [0.15, 0.2) is 0 Å². The van der Waals surface area contributed by atoms with Gasteiger partial charge in [-0.1, -0.05) is 30.3 Å². The van der Waals surface area contributed by atoms with Crippen LogP contribution in [0, 0.1) is 5.92 Å². The molecule has 1 amide bonds. The molecule has 0 spiro atoms. The van der Waals surface area contributed by atoms with Crippen LogP contribution in [0.5, 0.6) is 5.75 Å². The number of H-pyrrole nitrogens is 1. The number of nitrogens with zero attached hydrogens (tertiary/aromatic N) is 2. The largest absolute Gasteiger partial charge is 0.495 e. The molecule has 0 bridgehead atoms. The van der Waals surface area contributed by atoms with Gasteiger partial charge in [-0.15, -0.1) is 0 Å². The zero-order valence-corrected chi connectivity index (χ0v) is 18.5. The maximum absolute atomic E-state index is 12.5. The number of likely N-dealkylation sites (tertiary alicyclic amines) is 1. The van der Waals surface area contributed by atoms with Crippen molar-refractivity contribution < 1.29 is 19.4 Å². The highest BCUT2D eigenvalue weighted by Crippen LogP contribution is 2.18. The Balaban J connectivity index is 1.25. The lowest BCUT2D eigenvalue weighted by atomic mass is 10.1. The minimum Gasteiger partial charge on any atom is -0.495 e. The van der Waals surface area contributed by atoms with E-state index in [0.717, 1.165) is 5.56 Å². The van der Waals surface area contributed by atoms with Gasteiger partial charge in [0, 0.05) is 43.7 Å². The summed E-state index contributed by atoms with van der Waals surface area (Å²) in [6, 6.07) is 13.0. The van der Waals surface area contributed by atoms with Gasteiger partial charge in [0.2, 0.25) is 0 Å². The third-order valence-electron chi connectivity index (χ3n) is 5.88. The van der Waals surface area contributed by atoms with Gasteiger partial charge in [-0.05, 0) is 18.1 Å². The van der Waals surface area contributed by atoms with E-state index in [0.29, 0.717) is 54.9 Å². The fourth-order valence-electron chi connectivity index (χ4n) is 3.99. The number of β-amino-alcohol motifs (C(OH)–C–C–N with tert-alkyl or cyclic N) is 1. The van der Waals surface area contributed by atoms with Crippen LogP contribution < -0.4 is 15.6 Å². The Bertz CT molecular complexity index is 1150. The molecule has 0 saturated carbocycles. The summed E-state index contributed by atoms with van der Waals surface area (Å²) >= 11 is 0. The van der Waals surface area contributed by atoms with Crippen molar-refractivity contribution in [3.63, 3.8) is 0 Å². The Hall–Kier alpha value is -3.43. The molecular weight excluding hydrogens is 424 g/mol. The average Bonchev–Trinajstić information content (AvgIpc) is 3.19. The maximum Gasteiger partial charge on any atom is 0.407 e. The number of benzene rings is 1. The first-order valence-electron chi connectivity index (χ1n) is 10.9. The Kier molecular flexibility index (Phi) is 7.21. The number of hydrogen-bond donors (Lipinski definition) is 3. The molecule has 2 aromatic heterocycles. The molecule has 0 aliphatic carbocycles. The van der Waals surface area contributed by atoms with E-state index in [1.54, 1.807) is 25.4 Å². The second kappa shape index (κ2) is 10.5. The average molecular weight is 453 g/mol. The van der Waals surface area contributed by atoms with Gasteiger partial charge in [0.25, 0.3) is 5.56 Å². The van der Waals surface area contributed by atoms with E-state index in [-0.39, 0.29) is 18.1 Å². The number of ether oxygens (including phenoxy) is 2. The Morgan fingerprint density at radius 1 is 1.27 bits per heavy atom. The van der Waals surface area contributed by atoms with Gasteiger partial charge in [0.05, 0.1) is 30.4 Å². The molecule has 3 N–H and O–H groups in total. The highest BCUT2D eigenvalue weighted by Gasteiger charge is 2.31. The molecule has 1 saturated heterocycles. The number of amides is 1. The molecule has 9 heteroatoms. The number of aromatic amines is 1. The van der Waals surface area contributed by atoms with Crippen molar-refractivity contribution >= 4 is 17.1 Å². The summed E-state index contributed by atoms with van der Waals surface area (Å²) in [7, 11) is 1.55. The van der Waals surface area contributed by atoms with E-state index < -0.39 is 12.2 Å². The molecule has 4 rings (SSSR count). The topological polar surface area (TPSA) is 117 Å². The van der Waals surface area contributed by atoms with Gasteiger partial charge in [-0.2, -0.15) is 0 Å². The number of aliphatic hydroxyl groups is 1. The predicted octanol–water partition coefficient (Wildman–Crippen LogP) is 1.69. The Morgan fingerprint density at radius 2 is 2.09 bits per heavy atom. The van der Waals surface area contributed by atoms with Crippen molar-refractivity contribution in [3.8, 4) is 5.75 Å². The van der Waals surface area contributed by atoms with Crippen molar-refractivity contribution in [1.82, 2.24) is 20.2 Å². The van der Waals surface area contributed by atoms with Crippen molar-refractivity contribution in [2.45, 2.75) is 19.1 Å². The van der Waals surface area contributed by atoms with Gasteiger partial charge >= 0.3 is 6.09 Å². The SMILES string of the molecule is COc1cnc2cc(CCN3C[C@H](CNC(=O)OCc4ccccc4)[C@H](O)C3)c(=O)[nH]c2c1. The first-order valence-corrected chi connectivity index (χ1v) is 10.9. The van der Waals surface area contributed by atoms with E-state index in [1.807, 2.05) is 30.3 Å². The van der Waals surface area contributed by atoms with E-state index >= 15 is 0 Å². The van der Waals surface area contributed by atoms with Crippen LogP contribution in [0.4, 0.5) is 4.79 Å². The maximum atomic E-state index is 12.5. The van der Waals surface area contributed by atoms with Crippen LogP contribution in [-0.4, -0.2) is 65.5 Å². The van der Waals surface area contributed by atoms with E-state index in [9.17, 15) is 14.7 Å². The molecule has 1 fully saturated rings. The lowest BCUT2D eigenvalue weighted by Crippen LogP contribution is -2.34. The Labute approximate surface area is 191 Å². The predicted molar refractivity (Wildman–Crippen MR) is 123 cm³/mol. The smallest absolute Gasteiger partial charge is 0.407 e. The summed E-state index contributed by atoms with van der Waals surface area (Å²) in [4.78, 5) is 33.7. The number of aromatic nitrogens is 2. The van der Waals surface area contributed by atoms with E-state index in [4.69, 9.17) is 9.47 Å². The highest BCUT2D eigenvalue weighted by molar-refractivity contribution is 5.75. The summed E-state index contributed by atoms with van der Waals surface area (Å²) in [6.45, 7) is 2.27.